The van der Waals surface area contributed by atoms with E-state index >= 15 is 0 Å². The normalized spacial score (nSPS) is 14.6. The van der Waals surface area contributed by atoms with Crippen LogP contribution in [0.2, 0.25) is 10.0 Å². The Morgan fingerprint density at radius 1 is 1.09 bits per heavy atom. The Hall–Kier alpha value is -1.89. The lowest BCUT2D eigenvalue weighted by molar-refractivity contribution is 0.0298. The zero-order valence-electron chi connectivity index (χ0n) is 12.1. The summed E-state index contributed by atoms with van der Waals surface area (Å²) in [4.78, 5) is 22.4. The molecule has 1 fully saturated rings. The van der Waals surface area contributed by atoms with Crippen molar-refractivity contribution >= 4 is 40.6 Å². The Balaban J connectivity index is 1.70. The molecule has 1 saturated heterocycles. The molecule has 0 unspecified atom stereocenters. The first-order valence-electron chi connectivity index (χ1n) is 7.04. The van der Waals surface area contributed by atoms with Crippen LogP contribution in [0.5, 0.6) is 0 Å². The monoisotopic (exact) mass is 352 g/mol. The van der Waals surface area contributed by atoms with Gasteiger partial charge in [-0.05, 0) is 18.2 Å². The van der Waals surface area contributed by atoms with E-state index in [1.807, 2.05) is 0 Å². The number of benzene rings is 1. The molecular formula is C15H14Cl2N4O2. The summed E-state index contributed by atoms with van der Waals surface area (Å²) in [5.41, 5.74) is 1.01. The van der Waals surface area contributed by atoms with E-state index in [1.165, 1.54) is 12.4 Å². The smallest absolute Gasteiger partial charge is 0.274 e. The van der Waals surface area contributed by atoms with Crippen LogP contribution in [0.3, 0.4) is 0 Å². The number of hydrogen-bond acceptors (Lipinski definition) is 5. The SMILES string of the molecule is O=C(c1cnc(Nc2cc(Cl)cc(Cl)c2)cn1)N1CCOCC1. The lowest BCUT2D eigenvalue weighted by Crippen LogP contribution is -2.41. The summed E-state index contributed by atoms with van der Waals surface area (Å²) in [5, 5.41) is 4.08. The van der Waals surface area contributed by atoms with Gasteiger partial charge in [0.2, 0.25) is 0 Å². The fourth-order valence-electron chi connectivity index (χ4n) is 2.21. The summed E-state index contributed by atoms with van der Waals surface area (Å²) in [5.74, 6) is 0.361. The zero-order valence-corrected chi connectivity index (χ0v) is 13.6. The van der Waals surface area contributed by atoms with Crippen LogP contribution in [0, 0.1) is 0 Å². The van der Waals surface area contributed by atoms with E-state index in [9.17, 15) is 4.79 Å². The molecule has 8 heteroatoms. The van der Waals surface area contributed by atoms with E-state index in [0.29, 0.717) is 53.5 Å². The van der Waals surface area contributed by atoms with E-state index in [1.54, 1.807) is 23.1 Å². The van der Waals surface area contributed by atoms with E-state index < -0.39 is 0 Å². The fraction of sp³-hybridized carbons (Fsp3) is 0.267. The standard InChI is InChI=1S/C15H14Cl2N4O2/c16-10-5-11(17)7-12(6-10)20-14-9-18-13(8-19-14)15(22)21-1-3-23-4-2-21/h5-9H,1-4H2,(H,19,20). The van der Waals surface area contributed by atoms with Crippen LogP contribution in [-0.2, 0) is 4.74 Å². The van der Waals surface area contributed by atoms with E-state index in [2.05, 4.69) is 15.3 Å². The Morgan fingerprint density at radius 3 is 2.39 bits per heavy atom. The number of amides is 1. The van der Waals surface area contributed by atoms with Crippen LogP contribution in [-0.4, -0.2) is 47.1 Å². The highest BCUT2D eigenvalue weighted by Gasteiger charge is 2.19. The third-order valence-electron chi connectivity index (χ3n) is 3.30. The van der Waals surface area contributed by atoms with Gasteiger partial charge in [-0.15, -0.1) is 0 Å². The van der Waals surface area contributed by atoms with Crippen molar-refractivity contribution in [3.05, 3.63) is 46.3 Å². The van der Waals surface area contributed by atoms with E-state index in [-0.39, 0.29) is 5.91 Å². The molecule has 3 rings (SSSR count). The quantitative estimate of drug-likeness (QED) is 0.919. The molecule has 0 saturated carbocycles. The summed E-state index contributed by atoms with van der Waals surface area (Å²) in [6.45, 7) is 2.24. The van der Waals surface area contributed by atoms with E-state index in [4.69, 9.17) is 27.9 Å². The number of halogens is 2. The lowest BCUT2D eigenvalue weighted by Gasteiger charge is -2.26. The molecular weight excluding hydrogens is 339 g/mol. The summed E-state index contributed by atoms with van der Waals surface area (Å²) in [6, 6.07) is 5.09. The lowest BCUT2D eigenvalue weighted by atomic mass is 10.3. The molecule has 1 aliphatic rings. The number of nitrogens with zero attached hydrogens (tertiary/aromatic N) is 3. The van der Waals surface area contributed by atoms with E-state index in [0.717, 1.165) is 0 Å². The van der Waals surface area contributed by atoms with Gasteiger partial charge >= 0.3 is 0 Å². The van der Waals surface area contributed by atoms with Crippen molar-refractivity contribution in [2.24, 2.45) is 0 Å². The van der Waals surface area contributed by atoms with Crippen LogP contribution in [0.4, 0.5) is 11.5 Å². The third-order valence-corrected chi connectivity index (χ3v) is 3.74. The van der Waals surface area contributed by atoms with Crippen LogP contribution in [0.1, 0.15) is 10.5 Å². The number of aromatic nitrogens is 2. The second kappa shape index (κ2) is 7.12. The molecule has 0 radical (unpaired) electrons. The predicted molar refractivity (Wildman–Crippen MR) is 88.5 cm³/mol. The highest BCUT2D eigenvalue weighted by atomic mass is 35.5. The minimum atomic E-state index is -0.141. The second-order valence-electron chi connectivity index (χ2n) is 4.97. The molecule has 2 aromatic rings. The molecule has 120 valence electrons. The average molecular weight is 353 g/mol. The Kier molecular flexibility index (Phi) is 4.95. The molecule has 23 heavy (non-hydrogen) atoms. The average Bonchev–Trinajstić information content (AvgIpc) is 2.55. The molecule has 0 bridgehead atoms. The van der Waals surface area contributed by atoms with Crippen LogP contribution in [0.25, 0.3) is 0 Å². The Morgan fingerprint density at radius 2 is 1.78 bits per heavy atom. The first kappa shape index (κ1) is 16.0. The number of carbonyl (C=O) groups is 1. The summed E-state index contributed by atoms with van der Waals surface area (Å²) >= 11 is 11.9. The topological polar surface area (TPSA) is 67.4 Å². The van der Waals surface area contributed by atoms with Gasteiger partial charge in [0.25, 0.3) is 5.91 Å². The van der Waals surface area contributed by atoms with Crippen molar-refractivity contribution in [2.75, 3.05) is 31.6 Å². The van der Waals surface area contributed by atoms with Gasteiger partial charge in [-0.2, -0.15) is 0 Å². The number of anilines is 2. The van der Waals surface area contributed by atoms with Gasteiger partial charge in [0, 0.05) is 28.8 Å². The number of nitrogens with one attached hydrogen (secondary N) is 1. The number of carbonyl (C=O) groups excluding carboxylic acids is 1. The first-order valence-corrected chi connectivity index (χ1v) is 7.79. The van der Waals surface area contributed by atoms with Gasteiger partial charge in [0.05, 0.1) is 25.6 Å². The Labute approximate surface area is 143 Å². The predicted octanol–water partition coefficient (Wildman–Crippen LogP) is 3.00. The molecule has 1 N–H and O–H groups in total. The van der Waals surface area contributed by atoms with Gasteiger partial charge in [-0.25, -0.2) is 9.97 Å². The molecule has 1 aromatic carbocycles. The largest absolute Gasteiger partial charge is 0.378 e. The minimum Gasteiger partial charge on any atom is -0.378 e. The summed E-state index contributed by atoms with van der Waals surface area (Å²) in [7, 11) is 0. The number of ether oxygens (including phenoxy) is 1. The van der Waals surface area contributed by atoms with Crippen LogP contribution in [0.15, 0.2) is 30.6 Å². The molecule has 1 amide bonds. The van der Waals surface area contributed by atoms with Gasteiger partial charge in [-0.3, -0.25) is 4.79 Å². The molecule has 2 heterocycles. The second-order valence-corrected chi connectivity index (χ2v) is 5.85. The molecule has 1 aliphatic heterocycles. The summed E-state index contributed by atoms with van der Waals surface area (Å²) < 4.78 is 5.23. The molecule has 0 aliphatic carbocycles. The Bertz CT molecular complexity index is 683. The van der Waals surface area contributed by atoms with Crippen molar-refractivity contribution in [2.45, 2.75) is 0 Å². The maximum Gasteiger partial charge on any atom is 0.274 e. The number of morpholine rings is 1. The van der Waals surface area contributed by atoms with Crippen LogP contribution >= 0.6 is 23.2 Å². The third kappa shape index (κ3) is 4.10. The van der Waals surface area contributed by atoms with Gasteiger partial charge in [-0.1, -0.05) is 23.2 Å². The van der Waals surface area contributed by atoms with Crippen LogP contribution < -0.4 is 5.32 Å². The maximum absolute atomic E-state index is 12.3. The van der Waals surface area contributed by atoms with Gasteiger partial charge in [0.1, 0.15) is 11.5 Å². The number of rotatable bonds is 3. The molecule has 6 nitrogen and oxygen atoms in total. The minimum absolute atomic E-state index is 0.141. The highest BCUT2D eigenvalue weighted by Crippen LogP contribution is 2.24. The van der Waals surface area contributed by atoms with Crippen molar-refractivity contribution < 1.29 is 9.53 Å². The van der Waals surface area contributed by atoms with Crippen molar-refractivity contribution in [1.29, 1.82) is 0 Å². The maximum atomic E-state index is 12.3. The molecule has 1 aromatic heterocycles. The highest BCUT2D eigenvalue weighted by molar-refractivity contribution is 6.35. The van der Waals surface area contributed by atoms with Crippen molar-refractivity contribution in [3.8, 4) is 0 Å². The summed E-state index contributed by atoms with van der Waals surface area (Å²) in [6.07, 6.45) is 2.95. The molecule has 0 spiro atoms. The van der Waals surface area contributed by atoms with Crippen molar-refractivity contribution in [1.82, 2.24) is 14.9 Å². The van der Waals surface area contributed by atoms with Gasteiger partial charge in [0.15, 0.2) is 0 Å². The number of hydrogen-bond donors (Lipinski definition) is 1. The first-order chi connectivity index (χ1) is 11.1. The fourth-order valence-corrected chi connectivity index (χ4v) is 2.73. The zero-order chi connectivity index (χ0) is 16.2. The molecule has 0 atom stereocenters. The van der Waals surface area contributed by atoms with Crippen molar-refractivity contribution in [3.63, 3.8) is 0 Å². The van der Waals surface area contributed by atoms with Gasteiger partial charge < -0.3 is 15.0 Å².